The van der Waals surface area contributed by atoms with E-state index in [9.17, 15) is 4.39 Å². The SMILES string of the molecule is CNc1nc(C)c(-c2nc(Nc3ccc(C4CNCCC4N(C)C)cn3)ncc2F)s1. The van der Waals surface area contributed by atoms with Crippen LogP contribution in [0.3, 0.4) is 0 Å². The van der Waals surface area contributed by atoms with Crippen LogP contribution in [0.25, 0.3) is 10.6 Å². The van der Waals surface area contributed by atoms with Crippen LogP contribution in [0.1, 0.15) is 23.6 Å². The average Bonchev–Trinajstić information content (AvgIpc) is 3.16. The molecule has 0 spiro atoms. The van der Waals surface area contributed by atoms with Crippen molar-refractivity contribution < 1.29 is 4.39 Å². The van der Waals surface area contributed by atoms with E-state index in [0.717, 1.165) is 25.2 Å². The molecule has 1 fully saturated rings. The van der Waals surface area contributed by atoms with Crippen molar-refractivity contribution in [2.24, 2.45) is 0 Å². The minimum absolute atomic E-state index is 0.229. The van der Waals surface area contributed by atoms with Gasteiger partial charge >= 0.3 is 0 Å². The van der Waals surface area contributed by atoms with E-state index in [1.807, 2.05) is 19.2 Å². The highest BCUT2D eigenvalue weighted by Gasteiger charge is 2.28. The fourth-order valence-corrected chi connectivity index (χ4v) is 4.84. The van der Waals surface area contributed by atoms with Crippen molar-refractivity contribution >= 4 is 28.2 Å². The van der Waals surface area contributed by atoms with Gasteiger partial charge in [0.2, 0.25) is 5.95 Å². The molecule has 4 rings (SSSR count). The molecule has 0 aliphatic carbocycles. The molecule has 8 nitrogen and oxygen atoms in total. The highest BCUT2D eigenvalue weighted by molar-refractivity contribution is 7.19. The molecular weight excluding hydrogens is 415 g/mol. The monoisotopic (exact) mass is 442 g/mol. The summed E-state index contributed by atoms with van der Waals surface area (Å²) in [6.07, 6.45) is 4.18. The predicted molar refractivity (Wildman–Crippen MR) is 123 cm³/mol. The van der Waals surface area contributed by atoms with Crippen LogP contribution in [0.2, 0.25) is 0 Å². The molecule has 0 amide bonds. The van der Waals surface area contributed by atoms with Crippen molar-refractivity contribution in [3.63, 3.8) is 0 Å². The van der Waals surface area contributed by atoms with Crippen molar-refractivity contribution in [1.29, 1.82) is 0 Å². The number of nitrogens with one attached hydrogen (secondary N) is 3. The number of likely N-dealkylation sites (N-methyl/N-ethyl adjacent to an activating group) is 1. The number of rotatable bonds is 6. The van der Waals surface area contributed by atoms with E-state index in [0.29, 0.717) is 33.7 Å². The van der Waals surface area contributed by atoms with Crippen molar-refractivity contribution in [2.45, 2.75) is 25.3 Å². The summed E-state index contributed by atoms with van der Waals surface area (Å²) in [5.41, 5.74) is 2.14. The van der Waals surface area contributed by atoms with Gasteiger partial charge in [-0.3, -0.25) is 0 Å². The molecule has 164 valence electrons. The number of aromatic nitrogens is 4. The molecule has 1 aliphatic rings. The topological polar surface area (TPSA) is 90.9 Å². The lowest BCUT2D eigenvalue weighted by atomic mass is 9.87. The van der Waals surface area contributed by atoms with Gasteiger partial charge in [-0.05, 0) is 45.6 Å². The highest BCUT2D eigenvalue weighted by Crippen LogP contribution is 2.33. The van der Waals surface area contributed by atoms with Crippen molar-refractivity contribution in [3.05, 3.63) is 41.6 Å². The molecule has 0 bridgehead atoms. The molecule has 0 radical (unpaired) electrons. The van der Waals surface area contributed by atoms with E-state index < -0.39 is 5.82 Å². The van der Waals surface area contributed by atoms with Gasteiger partial charge in [-0.2, -0.15) is 0 Å². The Kier molecular flexibility index (Phi) is 6.40. The quantitative estimate of drug-likeness (QED) is 0.536. The number of piperidine rings is 1. The van der Waals surface area contributed by atoms with Crippen LogP contribution in [0.5, 0.6) is 0 Å². The number of hydrogen-bond acceptors (Lipinski definition) is 9. The average molecular weight is 443 g/mol. The fourth-order valence-electron chi connectivity index (χ4n) is 3.93. The van der Waals surface area contributed by atoms with Crippen LogP contribution in [-0.2, 0) is 0 Å². The van der Waals surface area contributed by atoms with Gasteiger partial charge in [-0.15, -0.1) is 0 Å². The maximum Gasteiger partial charge on any atom is 0.229 e. The van der Waals surface area contributed by atoms with Gasteiger partial charge in [0.05, 0.1) is 16.8 Å². The Morgan fingerprint density at radius 1 is 1.19 bits per heavy atom. The van der Waals surface area contributed by atoms with E-state index in [4.69, 9.17) is 0 Å². The van der Waals surface area contributed by atoms with Crippen LogP contribution in [0, 0.1) is 12.7 Å². The normalized spacial score (nSPS) is 18.9. The van der Waals surface area contributed by atoms with Crippen molar-refractivity contribution in [3.8, 4) is 10.6 Å². The maximum atomic E-state index is 14.4. The number of pyridine rings is 1. The Morgan fingerprint density at radius 3 is 2.71 bits per heavy atom. The van der Waals surface area contributed by atoms with Gasteiger partial charge in [-0.25, -0.2) is 24.3 Å². The Balaban J connectivity index is 1.54. The third-order valence-electron chi connectivity index (χ3n) is 5.53. The Bertz CT molecular complexity index is 1040. The number of nitrogens with zero attached hydrogens (tertiary/aromatic N) is 5. The van der Waals surface area contributed by atoms with E-state index in [1.54, 1.807) is 7.05 Å². The van der Waals surface area contributed by atoms with Crippen LogP contribution < -0.4 is 16.0 Å². The second kappa shape index (κ2) is 9.21. The molecule has 2 atom stereocenters. The molecule has 10 heteroatoms. The van der Waals surface area contributed by atoms with E-state index in [1.165, 1.54) is 23.1 Å². The fraction of sp³-hybridized carbons (Fsp3) is 0.429. The number of halogens is 1. The van der Waals surface area contributed by atoms with Crippen LogP contribution in [-0.4, -0.2) is 65.1 Å². The summed E-state index contributed by atoms with van der Waals surface area (Å²) in [4.78, 5) is 20.3. The molecule has 3 aromatic heterocycles. The van der Waals surface area contributed by atoms with Gasteiger partial charge in [0, 0.05) is 31.7 Å². The maximum absolute atomic E-state index is 14.4. The molecular formula is C21H27FN8S. The Morgan fingerprint density at radius 2 is 2.03 bits per heavy atom. The summed E-state index contributed by atoms with van der Waals surface area (Å²) in [7, 11) is 6.03. The van der Waals surface area contributed by atoms with Crippen LogP contribution in [0.4, 0.5) is 21.3 Å². The van der Waals surface area contributed by atoms with E-state index >= 15 is 0 Å². The predicted octanol–water partition coefficient (Wildman–Crippen LogP) is 3.24. The first-order valence-corrected chi connectivity index (χ1v) is 11.1. The van der Waals surface area contributed by atoms with E-state index in [2.05, 4.69) is 60.9 Å². The Labute approximate surface area is 185 Å². The second-order valence-corrected chi connectivity index (χ2v) is 8.80. The number of hydrogen-bond donors (Lipinski definition) is 3. The van der Waals surface area contributed by atoms with E-state index in [-0.39, 0.29) is 5.69 Å². The molecule has 1 aliphatic heterocycles. The summed E-state index contributed by atoms with van der Waals surface area (Å²) in [6.45, 7) is 3.80. The summed E-state index contributed by atoms with van der Waals surface area (Å²) < 4.78 is 14.4. The molecule has 3 N–H and O–H groups in total. The standard InChI is InChI=1S/C21H27FN8S/c1-12-19(31-21(23-2)27-12)18-15(22)11-26-20(29-18)28-17-6-5-13(9-25-17)14-10-24-8-7-16(14)30(3)4/h5-6,9,11,14,16,24H,7-8,10H2,1-4H3,(H,23,27)(H,25,26,28,29). The summed E-state index contributed by atoms with van der Waals surface area (Å²) in [5.74, 6) is 0.807. The molecule has 31 heavy (non-hydrogen) atoms. The lowest BCUT2D eigenvalue weighted by molar-refractivity contribution is 0.209. The van der Waals surface area contributed by atoms with Crippen LogP contribution in [0.15, 0.2) is 24.5 Å². The van der Waals surface area contributed by atoms with Gasteiger partial charge < -0.3 is 20.9 Å². The van der Waals surface area contributed by atoms with Gasteiger partial charge in [0.1, 0.15) is 11.5 Å². The molecule has 3 aromatic rings. The van der Waals surface area contributed by atoms with Crippen LogP contribution >= 0.6 is 11.3 Å². The lowest BCUT2D eigenvalue weighted by Gasteiger charge is -2.36. The smallest absolute Gasteiger partial charge is 0.229 e. The largest absolute Gasteiger partial charge is 0.365 e. The number of thiazole rings is 1. The third kappa shape index (κ3) is 4.65. The van der Waals surface area contributed by atoms with Gasteiger partial charge in [0.15, 0.2) is 10.9 Å². The lowest BCUT2D eigenvalue weighted by Crippen LogP contribution is -2.45. The summed E-state index contributed by atoms with van der Waals surface area (Å²) in [6, 6.07) is 4.48. The number of anilines is 3. The first-order chi connectivity index (χ1) is 15.0. The summed E-state index contributed by atoms with van der Waals surface area (Å²) in [5, 5.41) is 10.3. The minimum Gasteiger partial charge on any atom is -0.365 e. The zero-order valence-corrected chi connectivity index (χ0v) is 18.9. The molecule has 0 saturated carbocycles. The molecule has 1 saturated heterocycles. The van der Waals surface area contributed by atoms with Crippen molar-refractivity contribution in [1.82, 2.24) is 30.2 Å². The third-order valence-corrected chi connectivity index (χ3v) is 6.71. The Hall–Kier alpha value is -2.69. The zero-order valence-electron chi connectivity index (χ0n) is 18.1. The first kappa shape index (κ1) is 21.5. The number of aryl methyl sites for hydroxylation is 1. The first-order valence-electron chi connectivity index (χ1n) is 10.2. The molecule has 4 heterocycles. The molecule has 2 unspecified atom stereocenters. The summed E-state index contributed by atoms with van der Waals surface area (Å²) >= 11 is 1.36. The molecule has 0 aromatic carbocycles. The highest BCUT2D eigenvalue weighted by atomic mass is 32.1. The van der Waals surface area contributed by atoms with Gasteiger partial charge in [0.25, 0.3) is 0 Å². The van der Waals surface area contributed by atoms with Gasteiger partial charge in [-0.1, -0.05) is 17.4 Å². The zero-order chi connectivity index (χ0) is 22.0. The second-order valence-electron chi connectivity index (χ2n) is 7.81. The van der Waals surface area contributed by atoms with Crippen molar-refractivity contribution in [2.75, 3.05) is 44.9 Å². The minimum atomic E-state index is -0.484.